The number of aliphatic hydroxyl groups excluding tert-OH is 1. The fourth-order valence-electron chi connectivity index (χ4n) is 3.25. The Morgan fingerprint density at radius 2 is 1.94 bits per heavy atom. The van der Waals surface area contributed by atoms with Crippen LogP contribution in [-0.4, -0.2) is 53.2 Å². The summed E-state index contributed by atoms with van der Waals surface area (Å²) in [4.78, 5) is 29.7. The van der Waals surface area contributed by atoms with Gasteiger partial charge < -0.3 is 19.9 Å². The van der Waals surface area contributed by atoms with Crippen molar-refractivity contribution >= 4 is 28.6 Å². The van der Waals surface area contributed by atoms with Crippen molar-refractivity contribution in [3.05, 3.63) is 58.4 Å². The largest absolute Gasteiger partial charge is 0.493 e. The lowest BCUT2D eigenvalue weighted by atomic mass is 10.1. The molecule has 3 aromatic rings. The fraction of sp³-hybridized carbons (Fsp3) is 0.348. The predicted molar refractivity (Wildman–Crippen MR) is 125 cm³/mol. The monoisotopic (exact) mass is 457 g/mol. The number of ether oxygens (including phenoxy) is 2. The first kappa shape index (κ1) is 23.6. The van der Waals surface area contributed by atoms with Gasteiger partial charge in [-0.15, -0.1) is 0 Å². The van der Waals surface area contributed by atoms with Gasteiger partial charge in [-0.1, -0.05) is 30.0 Å². The molecule has 0 saturated carbocycles. The number of carbonyl (C=O) groups excluding carboxylic acids is 1. The molecule has 0 radical (unpaired) electrons. The molecule has 0 aliphatic rings. The third-order valence-corrected chi connectivity index (χ3v) is 5.77. The summed E-state index contributed by atoms with van der Waals surface area (Å²) >= 11 is 1.18. The summed E-state index contributed by atoms with van der Waals surface area (Å²) in [6.45, 7) is 2.18. The summed E-state index contributed by atoms with van der Waals surface area (Å²) in [5.41, 5.74) is 1.35. The Labute approximate surface area is 190 Å². The Balaban J connectivity index is 1.62. The lowest BCUT2D eigenvalue weighted by Crippen LogP contribution is -2.30. The normalized spacial score (nSPS) is 11.9. The second-order valence-corrected chi connectivity index (χ2v) is 8.20. The van der Waals surface area contributed by atoms with Crippen LogP contribution in [0.25, 0.3) is 10.9 Å². The van der Waals surface area contributed by atoms with E-state index in [0.29, 0.717) is 40.5 Å². The maximum Gasteiger partial charge on any atom is 0.262 e. The third-order valence-electron chi connectivity index (χ3n) is 4.79. The number of aromatic nitrogens is 2. The summed E-state index contributed by atoms with van der Waals surface area (Å²) in [7, 11) is 3.17. The molecular formula is C23H27N3O5S. The lowest BCUT2D eigenvalue weighted by molar-refractivity contribution is -0.118. The zero-order chi connectivity index (χ0) is 23.1. The van der Waals surface area contributed by atoms with Crippen molar-refractivity contribution in [1.29, 1.82) is 0 Å². The number of fused-ring (bicyclic) bond motifs is 1. The van der Waals surface area contributed by atoms with Gasteiger partial charge in [-0.3, -0.25) is 14.2 Å². The van der Waals surface area contributed by atoms with E-state index in [1.54, 1.807) is 39.3 Å². The van der Waals surface area contributed by atoms with Gasteiger partial charge in [0.15, 0.2) is 16.7 Å². The maximum absolute atomic E-state index is 12.8. The van der Waals surface area contributed by atoms with Crippen LogP contribution in [0.3, 0.4) is 0 Å². The average Bonchev–Trinajstić information content (AvgIpc) is 2.79. The summed E-state index contributed by atoms with van der Waals surface area (Å²) in [6.07, 6.45) is -0.0807. The molecule has 0 fully saturated rings. The number of carbonyl (C=O) groups is 1. The molecule has 0 spiro atoms. The molecule has 8 nitrogen and oxygen atoms in total. The molecule has 0 saturated heterocycles. The zero-order valence-corrected chi connectivity index (χ0v) is 19.1. The highest BCUT2D eigenvalue weighted by Gasteiger charge is 2.14. The maximum atomic E-state index is 12.8. The molecule has 1 atom stereocenters. The highest BCUT2D eigenvalue weighted by atomic mass is 32.2. The Morgan fingerprint density at radius 3 is 2.66 bits per heavy atom. The van der Waals surface area contributed by atoms with Crippen molar-refractivity contribution < 1.29 is 19.4 Å². The van der Waals surface area contributed by atoms with E-state index in [2.05, 4.69) is 10.3 Å². The molecular weight excluding hydrogens is 430 g/mol. The van der Waals surface area contributed by atoms with Crippen LogP contribution in [0, 0.1) is 0 Å². The van der Waals surface area contributed by atoms with Crippen molar-refractivity contribution in [2.75, 3.05) is 26.5 Å². The Kier molecular flexibility index (Phi) is 8.13. The smallest absolute Gasteiger partial charge is 0.262 e. The van der Waals surface area contributed by atoms with E-state index in [9.17, 15) is 14.7 Å². The number of para-hydroxylation sites is 1. The molecule has 0 bridgehead atoms. The van der Waals surface area contributed by atoms with Crippen molar-refractivity contribution in [1.82, 2.24) is 14.9 Å². The van der Waals surface area contributed by atoms with Gasteiger partial charge in [-0.25, -0.2) is 4.98 Å². The molecule has 2 N–H and O–H groups in total. The van der Waals surface area contributed by atoms with E-state index >= 15 is 0 Å². The number of hydrogen-bond acceptors (Lipinski definition) is 7. The quantitative estimate of drug-likeness (QED) is 0.356. The standard InChI is InChI=1S/C23H27N3O5S/c1-15(27)13-26-22(29)17-6-4-5-7-18(17)25-23(26)32-14-21(28)24-11-10-16-8-9-19(30-2)20(12-16)31-3/h4-9,12,15,27H,10-11,13-14H2,1-3H3,(H,24,28). The minimum Gasteiger partial charge on any atom is -0.493 e. The van der Waals surface area contributed by atoms with E-state index < -0.39 is 6.10 Å². The van der Waals surface area contributed by atoms with Crippen molar-refractivity contribution in [2.24, 2.45) is 0 Å². The number of nitrogens with one attached hydrogen (secondary N) is 1. The molecule has 3 rings (SSSR count). The number of hydrogen-bond donors (Lipinski definition) is 2. The SMILES string of the molecule is COc1ccc(CCNC(=O)CSc2nc3ccccc3c(=O)n2CC(C)O)cc1OC. The van der Waals surface area contributed by atoms with Gasteiger partial charge in [0.2, 0.25) is 5.91 Å². The van der Waals surface area contributed by atoms with Crippen LogP contribution in [-0.2, 0) is 17.8 Å². The van der Waals surface area contributed by atoms with Crippen LogP contribution in [0.1, 0.15) is 12.5 Å². The van der Waals surface area contributed by atoms with Crippen LogP contribution in [0.5, 0.6) is 11.5 Å². The van der Waals surface area contributed by atoms with Gasteiger partial charge in [-0.05, 0) is 43.2 Å². The van der Waals surface area contributed by atoms with E-state index in [1.165, 1.54) is 16.3 Å². The second-order valence-electron chi connectivity index (χ2n) is 7.25. The summed E-state index contributed by atoms with van der Waals surface area (Å²) in [6, 6.07) is 12.7. The summed E-state index contributed by atoms with van der Waals surface area (Å²) in [5, 5.41) is 13.6. The number of nitrogens with zero attached hydrogens (tertiary/aromatic N) is 2. The summed E-state index contributed by atoms with van der Waals surface area (Å²) < 4.78 is 12.0. The molecule has 0 aliphatic heterocycles. The van der Waals surface area contributed by atoms with Crippen LogP contribution >= 0.6 is 11.8 Å². The predicted octanol–water partition coefficient (Wildman–Crippen LogP) is 2.25. The minimum atomic E-state index is -0.717. The highest BCUT2D eigenvalue weighted by Crippen LogP contribution is 2.27. The van der Waals surface area contributed by atoms with Crippen LogP contribution in [0.2, 0.25) is 0 Å². The van der Waals surface area contributed by atoms with Gasteiger partial charge in [0.25, 0.3) is 5.56 Å². The number of thioether (sulfide) groups is 1. The van der Waals surface area contributed by atoms with Gasteiger partial charge >= 0.3 is 0 Å². The molecule has 1 unspecified atom stereocenters. The molecule has 1 heterocycles. The van der Waals surface area contributed by atoms with Crippen LogP contribution in [0.15, 0.2) is 52.4 Å². The van der Waals surface area contributed by atoms with Crippen molar-refractivity contribution in [2.45, 2.75) is 31.1 Å². The van der Waals surface area contributed by atoms with Crippen molar-refractivity contribution in [3.63, 3.8) is 0 Å². The van der Waals surface area contributed by atoms with E-state index in [1.807, 2.05) is 24.3 Å². The first-order valence-electron chi connectivity index (χ1n) is 10.2. The number of amides is 1. The van der Waals surface area contributed by atoms with Gasteiger partial charge in [0.05, 0.1) is 43.5 Å². The van der Waals surface area contributed by atoms with Crippen LogP contribution < -0.4 is 20.3 Å². The zero-order valence-electron chi connectivity index (χ0n) is 18.3. The number of aliphatic hydroxyl groups is 1. The molecule has 170 valence electrons. The number of benzene rings is 2. The highest BCUT2D eigenvalue weighted by molar-refractivity contribution is 7.99. The first-order valence-corrected chi connectivity index (χ1v) is 11.2. The molecule has 9 heteroatoms. The van der Waals surface area contributed by atoms with Crippen LogP contribution in [0.4, 0.5) is 0 Å². The van der Waals surface area contributed by atoms with Gasteiger partial charge in [0.1, 0.15) is 0 Å². The topological polar surface area (TPSA) is 103 Å². The molecule has 2 aromatic carbocycles. The molecule has 32 heavy (non-hydrogen) atoms. The van der Waals surface area contributed by atoms with E-state index in [4.69, 9.17) is 9.47 Å². The second kappa shape index (κ2) is 11.0. The molecule has 0 aliphatic carbocycles. The summed E-state index contributed by atoms with van der Waals surface area (Å²) in [5.74, 6) is 1.24. The van der Waals surface area contributed by atoms with Gasteiger partial charge in [-0.2, -0.15) is 0 Å². The number of rotatable bonds is 10. The first-order chi connectivity index (χ1) is 15.4. The third kappa shape index (κ3) is 5.80. The van der Waals surface area contributed by atoms with E-state index in [-0.39, 0.29) is 23.8 Å². The molecule has 1 aromatic heterocycles. The molecule has 1 amide bonds. The Hall–Kier alpha value is -3.04. The average molecular weight is 458 g/mol. The minimum absolute atomic E-state index is 0.108. The fourth-order valence-corrected chi connectivity index (χ4v) is 4.09. The Bertz CT molecular complexity index is 1150. The lowest BCUT2D eigenvalue weighted by Gasteiger charge is -2.14. The van der Waals surface area contributed by atoms with E-state index in [0.717, 1.165) is 5.56 Å². The van der Waals surface area contributed by atoms with Crippen molar-refractivity contribution in [3.8, 4) is 11.5 Å². The Morgan fingerprint density at radius 1 is 1.19 bits per heavy atom. The number of methoxy groups -OCH3 is 2. The van der Waals surface area contributed by atoms with Gasteiger partial charge in [0, 0.05) is 6.54 Å².